The van der Waals surface area contributed by atoms with Crippen molar-refractivity contribution >= 4 is 34.1 Å². The van der Waals surface area contributed by atoms with Crippen LogP contribution in [0.1, 0.15) is 50.6 Å². The average Bonchev–Trinajstić information content (AvgIpc) is 3.68. The van der Waals surface area contributed by atoms with Crippen LogP contribution in [0.4, 0.5) is 11.4 Å². The highest BCUT2D eigenvalue weighted by molar-refractivity contribution is 5.90. The van der Waals surface area contributed by atoms with Crippen LogP contribution in [-0.2, 0) is 14.4 Å². The molecular formula is C35H41N5O3. The van der Waals surface area contributed by atoms with Crippen LogP contribution in [0.5, 0.6) is 0 Å². The van der Waals surface area contributed by atoms with Crippen molar-refractivity contribution in [3.05, 3.63) is 84.4 Å². The van der Waals surface area contributed by atoms with Gasteiger partial charge in [0.15, 0.2) is 0 Å². The summed E-state index contributed by atoms with van der Waals surface area (Å²) >= 11 is 0. The van der Waals surface area contributed by atoms with E-state index < -0.39 is 0 Å². The molecule has 2 amide bonds. The van der Waals surface area contributed by atoms with Crippen molar-refractivity contribution < 1.29 is 14.4 Å². The number of aromatic nitrogens is 1. The minimum absolute atomic E-state index is 0.0500. The number of hydroxylamine groups is 1. The molecule has 8 nitrogen and oxygen atoms in total. The van der Waals surface area contributed by atoms with Gasteiger partial charge in [0.05, 0.1) is 18.3 Å². The molecule has 2 atom stereocenters. The van der Waals surface area contributed by atoms with Gasteiger partial charge >= 0.3 is 0 Å². The number of aromatic amines is 1. The van der Waals surface area contributed by atoms with E-state index in [-0.39, 0.29) is 23.9 Å². The molecule has 2 saturated heterocycles. The average molecular weight is 580 g/mol. The number of likely N-dealkylation sites (tertiary alicyclic amines) is 2. The van der Waals surface area contributed by atoms with E-state index in [9.17, 15) is 9.59 Å². The molecule has 2 N–H and O–H groups in total. The standard InChI is InChI=1S/C35H41N5O3/c1-25(41)36-29-15-13-26(14-16-29)33-23-28-22-30(17-18-32(28)37-33)38(2)43-24-31-12-9-21-40(31)35(42)34(27-10-5-3-6-11-27)39-19-7-4-8-20-39/h3,5-6,10-11,13-18,22-23,31,34,37H,4,7-9,12,19-21,24H2,1-2H3,(H,36,41)/t31-,34?/m0/s1. The number of rotatable bonds is 9. The summed E-state index contributed by atoms with van der Waals surface area (Å²) in [6, 6.07) is 26.2. The molecule has 2 aliphatic rings. The Kier molecular flexibility index (Phi) is 8.77. The summed E-state index contributed by atoms with van der Waals surface area (Å²) in [6.07, 6.45) is 5.47. The van der Waals surface area contributed by atoms with Crippen LogP contribution in [0.2, 0.25) is 0 Å². The van der Waals surface area contributed by atoms with E-state index in [2.05, 4.69) is 50.4 Å². The summed E-state index contributed by atoms with van der Waals surface area (Å²) in [5.74, 6) is 0.117. The van der Waals surface area contributed by atoms with Gasteiger partial charge < -0.3 is 15.2 Å². The zero-order valence-electron chi connectivity index (χ0n) is 25.1. The highest BCUT2D eigenvalue weighted by atomic mass is 16.7. The van der Waals surface area contributed by atoms with Crippen LogP contribution in [0, 0.1) is 0 Å². The summed E-state index contributed by atoms with van der Waals surface area (Å²) < 4.78 is 0. The van der Waals surface area contributed by atoms with Gasteiger partial charge in [-0.3, -0.25) is 24.4 Å². The quantitative estimate of drug-likeness (QED) is 0.225. The zero-order valence-corrected chi connectivity index (χ0v) is 25.1. The molecule has 3 heterocycles. The molecule has 4 aromatic rings. The number of amides is 2. The van der Waals surface area contributed by atoms with Gasteiger partial charge in [-0.25, -0.2) is 0 Å². The lowest BCUT2D eigenvalue weighted by atomic mass is 10.00. The predicted molar refractivity (Wildman–Crippen MR) is 172 cm³/mol. The molecule has 3 aromatic carbocycles. The van der Waals surface area contributed by atoms with Crippen molar-refractivity contribution in [1.29, 1.82) is 0 Å². The summed E-state index contributed by atoms with van der Waals surface area (Å²) in [5.41, 5.74) is 5.90. The topological polar surface area (TPSA) is 80.9 Å². The first-order valence-corrected chi connectivity index (χ1v) is 15.4. The number of benzene rings is 3. The Bertz CT molecular complexity index is 1550. The van der Waals surface area contributed by atoms with E-state index in [1.807, 2.05) is 60.6 Å². The second-order valence-electron chi connectivity index (χ2n) is 11.7. The van der Waals surface area contributed by atoms with E-state index >= 15 is 0 Å². The number of nitrogens with zero attached hydrogens (tertiary/aromatic N) is 3. The Morgan fingerprint density at radius 2 is 1.72 bits per heavy atom. The number of hydrogen-bond acceptors (Lipinski definition) is 5. The summed E-state index contributed by atoms with van der Waals surface area (Å²) in [5, 5.41) is 5.70. The zero-order chi connectivity index (χ0) is 29.8. The third-order valence-electron chi connectivity index (χ3n) is 8.71. The Morgan fingerprint density at radius 3 is 2.47 bits per heavy atom. The molecule has 0 aliphatic carbocycles. The fourth-order valence-corrected chi connectivity index (χ4v) is 6.46. The maximum absolute atomic E-state index is 14.1. The molecule has 0 bridgehead atoms. The van der Waals surface area contributed by atoms with Crippen LogP contribution in [0.25, 0.3) is 22.2 Å². The second-order valence-corrected chi connectivity index (χ2v) is 11.7. The molecule has 6 rings (SSSR count). The van der Waals surface area contributed by atoms with E-state index in [1.54, 1.807) is 0 Å². The Morgan fingerprint density at radius 1 is 0.953 bits per heavy atom. The van der Waals surface area contributed by atoms with E-state index in [0.717, 1.165) is 84.4 Å². The number of fused-ring (bicyclic) bond motifs is 1. The molecule has 8 heteroatoms. The van der Waals surface area contributed by atoms with Crippen molar-refractivity contribution in [1.82, 2.24) is 14.8 Å². The van der Waals surface area contributed by atoms with E-state index in [0.29, 0.717) is 6.61 Å². The Labute approximate surface area is 253 Å². The Balaban J connectivity index is 1.12. The van der Waals surface area contributed by atoms with Crippen LogP contribution >= 0.6 is 0 Å². The van der Waals surface area contributed by atoms with Gasteiger partial charge in [-0.05, 0) is 86.3 Å². The monoisotopic (exact) mass is 579 g/mol. The SMILES string of the molecule is CC(=O)Nc1ccc(-c2cc3cc(N(C)OC[C@@H]4CCCN4C(=O)C(c4ccccc4)N4CCCCC4)ccc3[nH]2)cc1. The predicted octanol–water partition coefficient (Wildman–Crippen LogP) is 6.38. The van der Waals surface area contributed by atoms with Crippen LogP contribution < -0.4 is 10.4 Å². The van der Waals surface area contributed by atoms with Crippen LogP contribution in [0.15, 0.2) is 78.9 Å². The normalized spacial score (nSPS) is 18.1. The number of piperidine rings is 1. The first-order valence-electron chi connectivity index (χ1n) is 15.4. The van der Waals surface area contributed by atoms with E-state index in [1.165, 1.54) is 13.3 Å². The molecule has 1 unspecified atom stereocenters. The van der Waals surface area contributed by atoms with Crippen LogP contribution in [0.3, 0.4) is 0 Å². The van der Waals surface area contributed by atoms with E-state index in [4.69, 9.17) is 4.84 Å². The molecule has 0 radical (unpaired) electrons. The molecule has 2 fully saturated rings. The smallest absolute Gasteiger partial charge is 0.244 e. The fourth-order valence-electron chi connectivity index (χ4n) is 6.46. The largest absolute Gasteiger partial charge is 0.355 e. The summed E-state index contributed by atoms with van der Waals surface area (Å²) in [6.45, 7) is 4.67. The lowest BCUT2D eigenvalue weighted by Gasteiger charge is -2.37. The van der Waals surface area contributed by atoms with Crippen molar-refractivity contribution in [3.8, 4) is 11.3 Å². The van der Waals surface area contributed by atoms with Crippen molar-refractivity contribution in [2.45, 2.75) is 51.1 Å². The third kappa shape index (κ3) is 6.60. The first-order chi connectivity index (χ1) is 21.0. The van der Waals surface area contributed by atoms with Crippen molar-refractivity contribution in [2.75, 3.05) is 43.7 Å². The highest BCUT2D eigenvalue weighted by Gasteiger charge is 2.37. The van der Waals surface area contributed by atoms with Gasteiger partial charge in [-0.15, -0.1) is 0 Å². The second kappa shape index (κ2) is 13.0. The van der Waals surface area contributed by atoms with Gasteiger partial charge in [-0.1, -0.05) is 48.9 Å². The first kappa shape index (κ1) is 29.0. The van der Waals surface area contributed by atoms with Crippen LogP contribution in [-0.4, -0.2) is 65.9 Å². The number of nitrogens with one attached hydrogen (secondary N) is 2. The number of hydrogen-bond donors (Lipinski definition) is 2. The number of H-pyrrole nitrogens is 1. The van der Waals surface area contributed by atoms with Gasteiger partial charge in [0.25, 0.3) is 0 Å². The molecule has 1 aromatic heterocycles. The summed E-state index contributed by atoms with van der Waals surface area (Å²) in [4.78, 5) is 39.6. The third-order valence-corrected chi connectivity index (χ3v) is 8.71. The van der Waals surface area contributed by atoms with Gasteiger partial charge in [0, 0.05) is 42.8 Å². The fraction of sp³-hybridized carbons (Fsp3) is 0.371. The molecular weight excluding hydrogens is 538 g/mol. The molecule has 224 valence electrons. The molecule has 43 heavy (non-hydrogen) atoms. The summed E-state index contributed by atoms with van der Waals surface area (Å²) in [7, 11) is 1.93. The van der Waals surface area contributed by atoms with Gasteiger partial charge in [0.2, 0.25) is 11.8 Å². The maximum Gasteiger partial charge on any atom is 0.244 e. The lowest BCUT2D eigenvalue weighted by molar-refractivity contribution is -0.139. The minimum atomic E-state index is -0.230. The lowest BCUT2D eigenvalue weighted by Crippen LogP contribution is -2.48. The van der Waals surface area contributed by atoms with Gasteiger partial charge in [0.1, 0.15) is 6.04 Å². The van der Waals surface area contributed by atoms with Gasteiger partial charge in [-0.2, -0.15) is 0 Å². The highest BCUT2D eigenvalue weighted by Crippen LogP contribution is 2.31. The molecule has 0 saturated carbocycles. The Hall–Kier alpha value is -4.14. The maximum atomic E-state index is 14.1. The number of anilines is 2. The molecule has 2 aliphatic heterocycles. The van der Waals surface area contributed by atoms with Crippen molar-refractivity contribution in [2.24, 2.45) is 0 Å². The number of carbonyl (C=O) groups is 2. The number of carbonyl (C=O) groups excluding carboxylic acids is 2. The minimum Gasteiger partial charge on any atom is -0.355 e. The van der Waals surface area contributed by atoms with Crippen molar-refractivity contribution in [3.63, 3.8) is 0 Å². The molecule has 0 spiro atoms.